The average molecular weight is 533 g/mol. The smallest absolute Gasteiger partial charge is 0.493 e. The summed E-state index contributed by atoms with van der Waals surface area (Å²) in [6.45, 7) is 1.72. The molecule has 4 rings (SSSR count). The molecule has 11 heteroatoms. The summed E-state index contributed by atoms with van der Waals surface area (Å²) in [4.78, 5) is 24.2. The molecule has 0 unspecified atom stereocenters. The number of carbonyl (C=O) groups excluding carboxylic acids is 2. The molecule has 0 spiro atoms. The van der Waals surface area contributed by atoms with Gasteiger partial charge >= 0.3 is 12.1 Å². The van der Waals surface area contributed by atoms with Crippen LogP contribution in [0.4, 0.5) is 4.79 Å². The van der Waals surface area contributed by atoms with Gasteiger partial charge in [-0.05, 0) is 47.7 Å². The molecular formula is C28H24N2O9. The van der Waals surface area contributed by atoms with E-state index in [2.05, 4.69) is 5.16 Å². The van der Waals surface area contributed by atoms with Crippen molar-refractivity contribution in [1.82, 2.24) is 5.16 Å². The van der Waals surface area contributed by atoms with Gasteiger partial charge in [-0.2, -0.15) is 0 Å². The van der Waals surface area contributed by atoms with E-state index in [9.17, 15) is 14.8 Å². The van der Waals surface area contributed by atoms with Crippen molar-refractivity contribution in [3.8, 4) is 34.3 Å². The Morgan fingerprint density at radius 3 is 2.54 bits per heavy atom. The van der Waals surface area contributed by atoms with Gasteiger partial charge in [0, 0.05) is 22.9 Å². The van der Waals surface area contributed by atoms with Crippen LogP contribution in [0, 0.1) is 5.21 Å². The van der Waals surface area contributed by atoms with E-state index < -0.39 is 12.1 Å². The largest absolute Gasteiger partial charge is 0.513 e. The Balaban J connectivity index is 1.37. The summed E-state index contributed by atoms with van der Waals surface area (Å²) < 4.78 is 30.9. The molecule has 0 aliphatic carbocycles. The number of hydrogen-bond acceptors (Lipinski definition) is 10. The molecule has 11 nitrogen and oxygen atoms in total. The highest BCUT2D eigenvalue weighted by atomic mass is 16.8. The van der Waals surface area contributed by atoms with Crippen LogP contribution in [-0.4, -0.2) is 31.0 Å². The Kier molecular flexibility index (Phi) is 8.75. The fraction of sp³-hybridized carbons (Fsp3) is 0.143. The van der Waals surface area contributed by atoms with Gasteiger partial charge in [-0.15, -0.1) is 0 Å². The van der Waals surface area contributed by atoms with Gasteiger partial charge < -0.3 is 28.9 Å². The Bertz CT molecular complexity index is 1470. The zero-order chi connectivity index (χ0) is 27.6. The first-order valence-corrected chi connectivity index (χ1v) is 11.8. The van der Waals surface area contributed by atoms with Crippen LogP contribution < -0.4 is 23.9 Å². The Labute approximate surface area is 223 Å². The van der Waals surface area contributed by atoms with Crippen LogP contribution in [0.25, 0.3) is 17.3 Å². The molecule has 0 radical (unpaired) electrons. The monoisotopic (exact) mass is 532 g/mol. The second-order valence-corrected chi connectivity index (χ2v) is 7.80. The number of ether oxygens (including phenoxy) is 5. The fourth-order valence-corrected chi connectivity index (χ4v) is 3.41. The van der Waals surface area contributed by atoms with Gasteiger partial charge in [0.2, 0.25) is 5.69 Å². The number of methoxy groups -OCH3 is 1. The number of nitrogens with zero attached hydrogens (tertiary/aromatic N) is 2. The molecule has 1 aromatic heterocycles. The molecule has 3 aromatic carbocycles. The molecule has 0 bridgehead atoms. The van der Waals surface area contributed by atoms with Gasteiger partial charge in [-0.25, -0.2) is 9.59 Å². The third-order valence-electron chi connectivity index (χ3n) is 5.20. The summed E-state index contributed by atoms with van der Waals surface area (Å²) in [6.07, 6.45) is 1.90. The quantitative estimate of drug-likeness (QED) is 0.0929. The highest BCUT2D eigenvalue weighted by Gasteiger charge is 2.21. The zero-order valence-electron chi connectivity index (χ0n) is 21.1. The van der Waals surface area contributed by atoms with Gasteiger partial charge in [0.1, 0.15) is 11.5 Å². The number of aromatic nitrogens is 2. The van der Waals surface area contributed by atoms with E-state index in [1.165, 1.54) is 31.4 Å². The Hall–Kier alpha value is -5.32. The number of rotatable bonds is 10. The number of carbonyl (C=O) groups is 2. The van der Waals surface area contributed by atoms with Crippen molar-refractivity contribution in [2.75, 3.05) is 13.7 Å². The van der Waals surface area contributed by atoms with E-state index >= 15 is 0 Å². The second-order valence-electron chi connectivity index (χ2n) is 7.80. The summed E-state index contributed by atoms with van der Waals surface area (Å²) in [5.74, 6) is 0.428. The average Bonchev–Trinajstić information content (AvgIpc) is 3.32. The molecule has 0 saturated carbocycles. The van der Waals surface area contributed by atoms with E-state index in [0.29, 0.717) is 27.5 Å². The molecule has 0 aliphatic heterocycles. The summed E-state index contributed by atoms with van der Waals surface area (Å²) in [6, 6.07) is 20.2. The predicted molar refractivity (Wildman–Crippen MR) is 137 cm³/mol. The highest BCUT2D eigenvalue weighted by Crippen LogP contribution is 2.29. The van der Waals surface area contributed by atoms with Crippen molar-refractivity contribution >= 4 is 18.2 Å². The molecular weight excluding hydrogens is 508 g/mol. The molecule has 0 atom stereocenters. The lowest BCUT2D eigenvalue weighted by Crippen LogP contribution is -2.29. The van der Waals surface area contributed by atoms with Crippen molar-refractivity contribution in [2.24, 2.45) is 0 Å². The van der Waals surface area contributed by atoms with Crippen molar-refractivity contribution in [3.05, 3.63) is 95.3 Å². The number of hydrogen-bond donors (Lipinski definition) is 0. The van der Waals surface area contributed by atoms with Crippen LogP contribution in [0.15, 0.2) is 83.5 Å². The van der Waals surface area contributed by atoms with Gasteiger partial charge in [0.15, 0.2) is 18.1 Å². The fourth-order valence-electron chi connectivity index (χ4n) is 3.41. The lowest BCUT2D eigenvalue weighted by molar-refractivity contribution is -0.808. The SMILES string of the molecule is CCOC(=O)Oc1ccc(/C=C/C(=O)Oc2cccc(OCc3c(-c4ccccc4)no[n+]3[O-])c2)cc1OC. The predicted octanol–water partition coefficient (Wildman–Crippen LogP) is 4.72. The molecule has 4 aromatic rings. The van der Waals surface area contributed by atoms with E-state index in [-0.39, 0.29) is 36.2 Å². The zero-order valence-corrected chi connectivity index (χ0v) is 21.1. The van der Waals surface area contributed by atoms with Crippen LogP contribution >= 0.6 is 0 Å². The maximum atomic E-state index is 12.4. The first-order chi connectivity index (χ1) is 19.0. The van der Waals surface area contributed by atoms with Crippen molar-refractivity contribution in [1.29, 1.82) is 0 Å². The standard InChI is InChI=1S/C28H24N2O9/c1-3-35-28(32)38-24-14-12-19(16-25(24)34-2)13-15-26(31)37-22-11-7-10-21(17-22)36-18-23-27(29-39-30(23)33)20-8-5-4-6-9-20/h4-17H,3,18H2,1-2H3/b15-13+. The molecule has 0 fully saturated rings. The van der Waals surface area contributed by atoms with Gasteiger partial charge in [0.05, 0.1) is 13.7 Å². The Morgan fingerprint density at radius 2 is 1.77 bits per heavy atom. The third-order valence-corrected chi connectivity index (χ3v) is 5.20. The topological polar surface area (TPSA) is 133 Å². The minimum Gasteiger partial charge on any atom is -0.493 e. The molecule has 1 heterocycles. The molecule has 39 heavy (non-hydrogen) atoms. The minimum atomic E-state index is -0.848. The van der Waals surface area contributed by atoms with Crippen LogP contribution in [0.5, 0.6) is 23.0 Å². The summed E-state index contributed by atoms with van der Waals surface area (Å²) >= 11 is 0. The first kappa shape index (κ1) is 26.7. The molecule has 0 aliphatic rings. The molecule has 0 N–H and O–H groups in total. The van der Waals surface area contributed by atoms with E-state index in [0.717, 1.165) is 0 Å². The first-order valence-electron chi connectivity index (χ1n) is 11.8. The highest BCUT2D eigenvalue weighted by molar-refractivity contribution is 5.89. The van der Waals surface area contributed by atoms with Crippen LogP contribution in [0.2, 0.25) is 0 Å². The van der Waals surface area contributed by atoms with E-state index in [4.69, 9.17) is 28.3 Å². The number of esters is 1. The Morgan fingerprint density at radius 1 is 0.974 bits per heavy atom. The van der Waals surface area contributed by atoms with E-state index in [1.807, 2.05) is 18.2 Å². The van der Waals surface area contributed by atoms with Crippen LogP contribution in [0.3, 0.4) is 0 Å². The third kappa shape index (κ3) is 7.13. The molecule has 0 saturated heterocycles. The van der Waals surface area contributed by atoms with Crippen molar-refractivity contribution in [2.45, 2.75) is 13.5 Å². The second kappa shape index (κ2) is 12.8. The van der Waals surface area contributed by atoms with Crippen molar-refractivity contribution < 1.29 is 42.8 Å². The molecule has 200 valence electrons. The lowest BCUT2D eigenvalue weighted by Gasteiger charge is -2.09. The van der Waals surface area contributed by atoms with Crippen LogP contribution in [0.1, 0.15) is 18.2 Å². The summed E-state index contributed by atoms with van der Waals surface area (Å²) in [5, 5.41) is 15.9. The maximum absolute atomic E-state index is 12.4. The summed E-state index contributed by atoms with van der Waals surface area (Å²) in [5.41, 5.74) is 1.88. The van der Waals surface area contributed by atoms with Crippen LogP contribution in [-0.2, 0) is 16.1 Å². The normalized spacial score (nSPS) is 10.7. The van der Waals surface area contributed by atoms with Gasteiger partial charge in [-0.1, -0.05) is 42.5 Å². The number of benzene rings is 3. The van der Waals surface area contributed by atoms with E-state index in [1.54, 1.807) is 49.4 Å². The lowest BCUT2D eigenvalue weighted by atomic mass is 10.1. The maximum Gasteiger partial charge on any atom is 0.513 e. The minimum absolute atomic E-state index is 0.119. The molecule has 0 amide bonds. The van der Waals surface area contributed by atoms with Gasteiger partial charge in [-0.3, -0.25) is 4.63 Å². The summed E-state index contributed by atoms with van der Waals surface area (Å²) in [7, 11) is 1.42. The van der Waals surface area contributed by atoms with Gasteiger partial charge in [0.25, 0.3) is 5.69 Å². The van der Waals surface area contributed by atoms with Crippen molar-refractivity contribution in [3.63, 3.8) is 0 Å².